The first-order valence-electron chi connectivity index (χ1n) is 7.01. The third kappa shape index (κ3) is 2.56. The summed E-state index contributed by atoms with van der Waals surface area (Å²) in [5.41, 5.74) is 4.05. The van der Waals surface area contributed by atoms with Gasteiger partial charge in [-0.25, -0.2) is 0 Å². The molecule has 0 spiro atoms. The summed E-state index contributed by atoms with van der Waals surface area (Å²) in [5, 5.41) is 17.9. The molecule has 0 aromatic heterocycles. The number of nitrogens with zero attached hydrogens (tertiary/aromatic N) is 3. The van der Waals surface area contributed by atoms with E-state index in [0.717, 1.165) is 16.8 Å². The molecule has 0 fully saturated rings. The summed E-state index contributed by atoms with van der Waals surface area (Å²) >= 11 is 0. The Morgan fingerprint density at radius 2 is 1.91 bits per heavy atom. The number of hydrogen-bond donors (Lipinski definition) is 0. The molecule has 0 aliphatic carbocycles. The van der Waals surface area contributed by atoms with Crippen molar-refractivity contribution < 1.29 is 4.74 Å². The molecular formula is C18H19N3O. The van der Waals surface area contributed by atoms with E-state index < -0.39 is 0 Å². The standard InChI is InChI=1S/C18H19N3O/c1-12-9-18(2,3)21(4)16-8-17(22-5)14(7-15(12)16)6-13(10-19)11-20/h6-9H,1-5H3. The molecule has 0 unspecified atom stereocenters. The smallest absolute Gasteiger partial charge is 0.130 e. The molecular weight excluding hydrogens is 274 g/mol. The zero-order valence-electron chi connectivity index (χ0n) is 13.6. The second-order valence-electron chi connectivity index (χ2n) is 5.93. The Hall–Kier alpha value is -2.72. The fraction of sp³-hybridized carbons (Fsp3) is 0.333. The van der Waals surface area contributed by atoms with E-state index in [2.05, 4.69) is 31.7 Å². The molecule has 0 radical (unpaired) electrons. The molecule has 1 aromatic rings. The van der Waals surface area contributed by atoms with Crippen LogP contribution in [0.15, 0.2) is 23.8 Å². The minimum absolute atomic E-state index is 0.0596. The first-order valence-corrected chi connectivity index (χ1v) is 7.01. The molecule has 0 atom stereocenters. The highest BCUT2D eigenvalue weighted by molar-refractivity contribution is 5.85. The quantitative estimate of drug-likeness (QED) is 0.779. The number of allylic oxidation sites excluding steroid dienone is 2. The molecule has 1 aliphatic heterocycles. The Labute approximate surface area is 131 Å². The van der Waals surface area contributed by atoms with Crippen LogP contribution in [-0.4, -0.2) is 19.7 Å². The summed E-state index contributed by atoms with van der Waals surface area (Å²) in [6.07, 6.45) is 3.77. The maximum Gasteiger partial charge on any atom is 0.130 e. The van der Waals surface area contributed by atoms with Crippen molar-refractivity contribution in [2.24, 2.45) is 0 Å². The van der Waals surface area contributed by atoms with E-state index in [9.17, 15) is 0 Å². The summed E-state index contributed by atoms with van der Waals surface area (Å²) in [4.78, 5) is 2.20. The summed E-state index contributed by atoms with van der Waals surface area (Å²) < 4.78 is 5.44. The lowest BCUT2D eigenvalue weighted by Crippen LogP contribution is -2.42. The summed E-state index contributed by atoms with van der Waals surface area (Å²) in [6, 6.07) is 7.70. The van der Waals surface area contributed by atoms with E-state index >= 15 is 0 Å². The van der Waals surface area contributed by atoms with Gasteiger partial charge in [0.2, 0.25) is 0 Å². The van der Waals surface area contributed by atoms with Crippen LogP contribution in [0.2, 0.25) is 0 Å². The Kier molecular flexibility index (Phi) is 3.97. The van der Waals surface area contributed by atoms with Gasteiger partial charge in [0.1, 0.15) is 23.5 Å². The van der Waals surface area contributed by atoms with Gasteiger partial charge in [-0.15, -0.1) is 0 Å². The van der Waals surface area contributed by atoms with E-state index in [1.54, 1.807) is 13.2 Å². The summed E-state index contributed by atoms with van der Waals surface area (Å²) in [5.74, 6) is 0.652. The number of anilines is 1. The monoisotopic (exact) mass is 293 g/mol. The number of ether oxygens (including phenoxy) is 1. The molecule has 1 heterocycles. The van der Waals surface area contributed by atoms with Crippen LogP contribution in [0.4, 0.5) is 5.69 Å². The fourth-order valence-electron chi connectivity index (χ4n) is 2.73. The van der Waals surface area contributed by atoms with Gasteiger partial charge in [0.25, 0.3) is 0 Å². The fourth-order valence-corrected chi connectivity index (χ4v) is 2.73. The van der Waals surface area contributed by atoms with Gasteiger partial charge >= 0.3 is 0 Å². The minimum atomic E-state index is -0.0794. The summed E-state index contributed by atoms with van der Waals surface area (Å²) in [6.45, 7) is 6.38. The molecule has 0 saturated carbocycles. The zero-order chi connectivity index (χ0) is 16.5. The number of hydrogen-bond acceptors (Lipinski definition) is 4. The van der Waals surface area contributed by atoms with Crippen molar-refractivity contribution in [2.75, 3.05) is 19.1 Å². The van der Waals surface area contributed by atoms with Gasteiger partial charge in [-0.3, -0.25) is 0 Å². The van der Waals surface area contributed by atoms with Crippen LogP contribution in [0.25, 0.3) is 11.6 Å². The van der Waals surface area contributed by atoms with Crippen LogP contribution in [0.5, 0.6) is 5.75 Å². The summed E-state index contributed by atoms with van der Waals surface area (Å²) in [7, 11) is 3.64. The Morgan fingerprint density at radius 3 is 2.45 bits per heavy atom. The van der Waals surface area contributed by atoms with E-state index in [0.29, 0.717) is 5.75 Å². The third-order valence-corrected chi connectivity index (χ3v) is 4.11. The molecule has 4 nitrogen and oxygen atoms in total. The first-order chi connectivity index (χ1) is 10.3. The number of benzene rings is 1. The van der Waals surface area contributed by atoms with Crippen molar-refractivity contribution in [1.29, 1.82) is 10.5 Å². The number of rotatable bonds is 2. The van der Waals surface area contributed by atoms with Crippen molar-refractivity contribution >= 4 is 17.3 Å². The van der Waals surface area contributed by atoms with Crippen LogP contribution < -0.4 is 9.64 Å². The number of fused-ring (bicyclic) bond motifs is 1. The first kappa shape index (κ1) is 15.7. The van der Waals surface area contributed by atoms with Gasteiger partial charge < -0.3 is 9.64 Å². The largest absolute Gasteiger partial charge is 0.496 e. The maximum absolute atomic E-state index is 8.95. The van der Waals surface area contributed by atoms with Gasteiger partial charge in [0.05, 0.1) is 12.6 Å². The van der Waals surface area contributed by atoms with Crippen molar-refractivity contribution in [1.82, 2.24) is 0 Å². The van der Waals surface area contributed by atoms with Gasteiger partial charge in [0.15, 0.2) is 0 Å². The average Bonchev–Trinajstić information content (AvgIpc) is 2.49. The molecule has 1 aromatic carbocycles. The maximum atomic E-state index is 8.95. The average molecular weight is 293 g/mol. The molecule has 0 saturated heterocycles. The highest BCUT2D eigenvalue weighted by Crippen LogP contribution is 2.41. The molecule has 22 heavy (non-hydrogen) atoms. The van der Waals surface area contributed by atoms with Gasteiger partial charge in [-0.05, 0) is 38.5 Å². The van der Waals surface area contributed by atoms with Crippen molar-refractivity contribution in [3.63, 3.8) is 0 Å². The lowest BCUT2D eigenvalue weighted by molar-refractivity contribution is 0.413. The second kappa shape index (κ2) is 5.58. The molecule has 0 bridgehead atoms. The van der Waals surface area contributed by atoms with Crippen LogP contribution in [0, 0.1) is 22.7 Å². The highest BCUT2D eigenvalue weighted by Gasteiger charge is 2.29. The van der Waals surface area contributed by atoms with Crippen LogP contribution in [0.3, 0.4) is 0 Å². The second-order valence-corrected chi connectivity index (χ2v) is 5.93. The molecule has 0 amide bonds. The Balaban J connectivity index is 2.70. The highest BCUT2D eigenvalue weighted by atomic mass is 16.5. The lowest BCUT2D eigenvalue weighted by Gasteiger charge is -2.41. The van der Waals surface area contributed by atoms with Crippen molar-refractivity contribution in [3.05, 3.63) is 34.9 Å². The topological polar surface area (TPSA) is 60.0 Å². The van der Waals surface area contributed by atoms with Crippen LogP contribution >= 0.6 is 0 Å². The lowest BCUT2D eigenvalue weighted by atomic mass is 9.88. The third-order valence-electron chi connectivity index (χ3n) is 4.11. The number of methoxy groups -OCH3 is 1. The normalized spacial score (nSPS) is 15.0. The zero-order valence-corrected chi connectivity index (χ0v) is 13.6. The number of likely N-dealkylation sites (N-methyl/N-ethyl adjacent to an activating group) is 1. The van der Waals surface area contributed by atoms with Crippen LogP contribution in [-0.2, 0) is 0 Å². The van der Waals surface area contributed by atoms with E-state index in [4.69, 9.17) is 15.3 Å². The molecule has 0 N–H and O–H groups in total. The molecule has 112 valence electrons. The Morgan fingerprint density at radius 1 is 1.27 bits per heavy atom. The Bertz CT molecular complexity index is 742. The predicted octanol–water partition coefficient (Wildman–Crippen LogP) is 3.76. The van der Waals surface area contributed by atoms with Gasteiger partial charge in [-0.1, -0.05) is 6.08 Å². The molecule has 1 aliphatic rings. The van der Waals surface area contributed by atoms with Gasteiger partial charge in [-0.2, -0.15) is 10.5 Å². The van der Waals surface area contributed by atoms with Gasteiger partial charge in [0, 0.05) is 29.9 Å². The van der Waals surface area contributed by atoms with E-state index in [1.807, 2.05) is 31.3 Å². The predicted molar refractivity (Wildman–Crippen MR) is 88.3 cm³/mol. The number of nitriles is 2. The van der Waals surface area contributed by atoms with Crippen LogP contribution in [0.1, 0.15) is 31.9 Å². The van der Waals surface area contributed by atoms with E-state index in [-0.39, 0.29) is 11.1 Å². The SMILES string of the molecule is COc1cc2c(cc1C=C(C#N)C#N)C(C)=CC(C)(C)N2C. The molecule has 2 rings (SSSR count). The van der Waals surface area contributed by atoms with Crippen molar-refractivity contribution in [2.45, 2.75) is 26.3 Å². The van der Waals surface area contributed by atoms with E-state index in [1.165, 1.54) is 5.57 Å². The minimum Gasteiger partial charge on any atom is -0.496 e. The van der Waals surface area contributed by atoms with Crippen molar-refractivity contribution in [3.8, 4) is 17.9 Å². The molecule has 4 heteroatoms.